The first-order valence-electron chi connectivity index (χ1n) is 7.82. The van der Waals surface area contributed by atoms with Crippen LogP contribution in [0.1, 0.15) is 25.3 Å². The third-order valence-corrected chi connectivity index (χ3v) is 4.15. The van der Waals surface area contributed by atoms with Crippen LogP contribution in [0, 0.1) is 0 Å². The summed E-state index contributed by atoms with van der Waals surface area (Å²) in [6.45, 7) is 2.94. The van der Waals surface area contributed by atoms with Crippen molar-refractivity contribution in [2.24, 2.45) is 0 Å². The SMILES string of the molecule is CCCCN(C)C(=O)Cc1coc2ccc3ccccc3c12. The van der Waals surface area contributed by atoms with Crippen LogP contribution in [-0.2, 0) is 11.2 Å². The van der Waals surface area contributed by atoms with Crippen LogP contribution in [0.15, 0.2) is 47.1 Å². The molecule has 3 nitrogen and oxygen atoms in total. The van der Waals surface area contributed by atoms with E-state index < -0.39 is 0 Å². The van der Waals surface area contributed by atoms with Gasteiger partial charge in [-0.25, -0.2) is 0 Å². The fourth-order valence-corrected chi connectivity index (χ4v) is 2.82. The summed E-state index contributed by atoms with van der Waals surface area (Å²) in [6.07, 6.45) is 4.25. The summed E-state index contributed by atoms with van der Waals surface area (Å²) in [7, 11) is 1.87. The van der Waals surface area contributed by atoms with E-state index in [1.807, 2.05) is 30.1 Å². The van der Waals surface area contributed by atoms with Crippen molar-refractivity contribution in [1.29, 1.82) is 0 Å². The van der Waals surface area contributed by atoms with Crippen molar-refractivity contribution in [3.63, 3.8) is 0 Å². The minimum atomic E-state index is 0.143. The van der Waals surface area contributed by atoms with Gasteiger partial charge in [0, 0.05) is 24.5 Å². The van der Waals surface area contributed by atoms with E-state index in [9.17, 15) is 4.79 Å². The highest BCUT2D eigenvalue weighted by Crippen LogP contribution is 2.30. The minimum absolute atomic E-state index is 0.143. The first-order chi connectivity index (χ1) is 10.7. The summed E-state index contributed by atoms with van der Waals surface area (Å²) in [5.41, 5.74) is 1.82. The van der Waals surface area contributed by atoms with Crippen LogP contribution in [0.4, 0.5) is 0 Å². The molecule has 0 aliphatic rings. The molecule has 3 aromatic rings. The van der Waals surface area contributed by atoms with Gasteiger partial charge in [0.25, 0.3) is 0 Å². The smallest absolute Gasteiger partial charge is 0.226 e. The second-order valence-corrected chi connectivity index (χ2v) is 5.77. The first kappa shape index (κ1) is 14.6. The number of hydrogen-bond acceptors (Lipinski definition) is 2. The summed E-state index contributed by atoms with van der Waals surface area (Å²) in [6, 6.07) is 12.3. The topological polar surface area (TPSA) is 33.5 Å². The Morgan fingerprint density at radius 1 is 1.18 bits per heavy atom. The summed E-state index contributed by atoms with van der Waals surface area (Å²) in [5.74, 6) is 0.143. The molecule has 1 aromatic heterocycles. The molecule has 2 aromatic carbocycles. The van der Waals surface area contributed by atoms with E-state index in [2.05, 4.69) is 25.1 Å². The number of hydrogen-bond donors (Lipinski definition) is 0. The number of unbranched alkanes of at least 4 members (excludes halogenated alkanes) is 1. The number of benzene rings is 2. The molecule has 0 fully saturated rings. The van der Waals surface area contributed by atoms with Crippen LogP contribution in [0.5, 0.6) is 0 Å². The Hall–Kier alpha value is -2.29. The van der Waals surface area contributed by atoms with Gasteiger partial charge in [0.2, 0.25) is 5.91 Å². The number of carbonyl (C=O) groups is 1. The van der Waals surface area contributed by atoms with Crippen molar-refractivity contribution in [1.82, 2.24) is 4.90 Å². The average Bonchev–Trinajstić information content (AvgIpc) is 2.96. The van der Waals surface area contributed by atoms with E-state index in [0.717, 1.165) is 41.3 Å². The Morgan fingerprint density at radius 3 is 2.82 bits per heavy atom. The summed E-state index contributed by atoms with van der Waals surface area (Å²) in [4.78, 5) is 14.2. The van der Waals surface area contributed by atoms with Crippen molar-refractivity contribution in [3.05, 3.63) is 48.2 Å². The molecule has 0 saturated heterocycles. The van der Waals surface area contributed by atoms with Crippen LogP contribution in [0.3, 0.4) is 0 Å². The maximum atomic E-state index is 12.4. The van der Waals surface area contributed by atoms with E-state index in [1.165, 1.54) is 5.39 Å². The molecule has 0 aliphatic carbocycles. The second kappa shape index (κ2) is 6.22. The molecule has 3 heteroatoms. The van der Waals surface area contributed by atoms with Crippen LogP contribution in [0.2, 0.25) is 0 Å². The molecular weight excluding hydrogens is 274 g/mol. The molecule has 0 radical (unpaired) electrons. The van der Waals surface area contributed by atoms with Crippen LogP contribution < -0.4 is 0 Å². The lowest BCUT2D eigenvalue weighted by atomic mass is 10.0. The highest BCUT2D eigenvalue weighted by Gasteiger charge is 2.15. The van der Waals surface area contributed by atoms with E-state index in [0.29, 0.717) is 6.42 Å². The zero-order chi connectivity index (χ0) is 15.5. The van der Waals surface area contributed by atoms with Gasteiger partial charge in [-0.05, 0) is 23.3 Å². The number of carbonyl (C=O) groups excluding carboxylic acids is 1. The van der Waals surface area contributed by atoms with Gasteiger partial charge in [0.1, 0.15) is 5.58 Å². The van der Waals surface area contributed by atoms with E-state index in [1.54, 1.807) is 6.26 Å². The second-order valence-electron chi connectivity index (χ2n) is 5.77. The number of nitrogens with zero attached hydrogens (tertiary/aromatic N) is 1. The fourth-order valence-electron chi connectivity index (χ4n) is 2.82. The Labute approximate surface area is 130 Å². The van der Waals surface area contributed by atoms with Crippen molar-refractivity contribution in [2.45, 2.75) is 26.2 Å². The van der Waals surface area contributed by atoms with Crippen molar-refractivity contribution in [3.8, 4) is 0 Å². The lowest BCUT2D eigenvalue weighted by Gasteiger charge is -2.16. The van der Waals surface area contributed by atoms with Crippen LogP contribution in [0.25, 0.3) is 21.7 Å². The highest BCUT2D eigenvalue weighted by atomic mass is 16.3. The molecule has 0 saturated carbocycles. The van der Waals surface area contributed by atoms with Gasteiger partial charge in [-0.2, -0.15) is 0 Å². The van der Waals surface area contributed by atoms with E-state index in [-0.39, 0.29) is 5.91 Å². The van der Waals surface area contributed by atoms with Crippen molar-refractivity contribution >= 4 is 27.6 Å². The number of furan rings is 1. The molecular formula is C19H21NO2. The third kappa shape index (κ3) is 2.71. The normalized spacial score (nSPS) is 11.2. The van der Waals surface area contributed by atoms with Crippen LogP contribution >= 0.6 is 0 Å². The maximum Gasteiger partial charge on any atom is 0.226 e. The number of fused-ring (bicyclic) bond motifs is 3. The molecule has 0 unspecified atom stereocenters. The molecule has 1 amide bonds. The van der Waals surface area contributed by atoms with Crippen molar-refractivity contribution < 1.29 is 9.21 Å². The summed E-state index contributed by atoms with van der Waals surface area (Å²) in [5, 5.41) is 3.38. The zero-order valence-corrected chi connectivity index (χ0v) is 13.1. The Balaban J connectivity index is 1.94. The molecule has 22 heavy (non-hydrogen) atoms. The fraction of sp³-hybridized carbons (Fsp3) is 0.316. The van der Waals surface area contributed by atoms with Gasteiger partial charge in [-0.1, -0.05) is 43.7 Å². The Kier molecular flexibility index (Phi) is 4.14. The van der Waals surface area contributed by atoms with Gasteiger partial charge in [-0.15, -0.1) is 0 Å². The number of rotatable bonds is 5. The molecule has 0 spiro atoms. The van der Waals surface area contributed by atoms with Gasteiger partial charge < -0.3 is 9.32 Å². The van der Waals surface area contributed by atoms with Crippen LogP contribution in [-0.4, -0.2) is 24.4 Å². The van der Waals surface area contributed by atoms with E-state index >= 15 is 0 Å². The largest absolute Gasteiger partial charge is 0.464 e. The molecule has 0 aliphatic heterocycles. The van der Waals surface area contributed by atoms with Gasteiger partial charge in [0.15, 0.2) is 0 Å². The molecule has 114 valence electrons. The molecule has 0 bridgehead atoms. The Bertz CT molecular complexity index is 803. The summed E-state index contributed by atoms with van der Waals surface area (Å²) < 4.78 is 5.65. The van der Waals surface area contributed by atoms with Crippen molar-refractivity contribution in [2.75, 3.05) is 13.6 Å². The monoisotopic (exact) mass is 295 g/mol. The predicted molar refractivity (Wildman–Crippen MR) is 90.0 cm³/mol. The Morgan fingerprint density at radius 2 is 2.00 bits per heavy atom. The highest BCUT2D eigenvalue weighted by molar-refractivity contribution is 6.08. The molecule has 0 N–H and O–H groups in total. The average molecular weight is 295 g/mol. The lowest BCUT2D eigenvalue weighted by Crippen LogP contribution is -2.29. The standard InChI is InChI=1S/C19H21NO2/c1-3-4-11-20(2)18(21)12-15-13-22-17-10-9-14-7-5-6-8-16(14)19(15)17/h5-10,13H,3-4,11-12H2,1-2H3. The van der Waals surface area contributed by atoms with Gasteiger partial charge >= 0.3 is 0 Å². The third-order valence-electron chi connectivity index (χ3n) is 4.15. The number of amides is 1. The zero-order valence-electron chi connectivity index (χ0n) is 13.1. The molecule has 1 heterocycles. The van der Waals surface area contributed by atoms with E-state index in [4.69, 9.17) is 4.42 Å². The van der Waals surface area contributed by atoms with Gasteiger partial charge in [-0.3, -0.25) is 4.79 Å². The predicted octanol–water partition coefficient (Wildman–Crippen LogP) is 4.39. The van der Waals surface area contributed by atoms with Gasteiger partial charge in [0.05, 0.1) is 12.7 Å². The molecule has 3 rings (SSSR count). The quantitative estimate of drug-likeness (QED) is 0.699. The maximum absolute atomic E-state index is 12.4. The summed E-state index contributed by atoms with van der Waals surface area (Å²) >= 11 is 0. The minimum Gasteiger partial charge on any atom is -0.464 e. The molecule has 0 atom stereocenters. The first-order valence-corrected chi connectivity index (χ1v) is 7.82. The number of likely N-dealkylation sites (N-methyl/N-ethyl adjacent to an activating group) is 1. The lowest BCUT2D eigenvalue weighted by molar-refractivity contribution is -0.129.